The molecule has 0 saturated heterocycles. The number of rotatable bonds is 10. The highest BCUT2D eigenvalue weighted by molar-refractivity contribution is 9.10. The topological polar surface area (TPSA) is 95.3 Å². The van der Waals surface area contributed by atoms with E-state index in [1.807, 2.05) is 26.8 Å². The molecule has 2 heterocycles. The summed E-state index contributed by atoms with van der Waals surface area (Å²) in [7, 11) is 0. The maximum absolute atomic E-state index is 14.0. The van der Waals surface area contributed by atoms with E-state index in [4.69, 9.17) is 18.6 Å². The molecule has 1 aliphatic heterocycles. The van der Waals surface area contributed by atoms with Crippen LogP contribution in [0.1, 0.15) is 71.7 Å². The lowest BCUT2D eigenvalue weighted by Gasteiger charge is -2.26. The molecular formula is C32H30BrNO7. The zero-order chi connectivity index (χ0) is 29.1. The summed E-state index contributed by atoms with van der Waals surface area (Å²) in [6, 6.07) is 16.3. The van der Waals surface area contributed by atoms with Crippen LogP contribution < -0.4 is 19.8 Å². The highest BCUT2D eigenvalue weighted by Crippen LogP contribution is 2.43. The van der Waals surface area contributed by atoms with Gasteiger partial charge in [-0.2, -0.15) is 0 Å². The van der Waals surface area contributed by atoms with Crippen LogP contribution in [0.25, 0.3) is 11.0 Å². The van der Waals surface area contributed by atoms with E-state index in [9.17, 15) is 14.4 Å². The molecule has 1 aliphatic rings. The molecule has 8 nitrogen and oxygen atoms in total. The molecule has 4 aromatic rings. The number of carbonyl (C=O) groups excluding carboxylic acids is 2. The van der Waals surface area contributed by atoms with Crippen LogP contribution in [0.5, 0.6) is 11.5 Å². The zero-order valence-electron chi connectivity index (χ0n) is 23.1. The maximum atomic E-state index is 14.0. The first-order chi connectivity index (χ1) is 19.9. The fourth-order valence-corrected chi connectivity index (χ4v) is 5.28. The quantitative estimate of drug-likeness (QED) is 0.138. The summed E-state index contributed by atoms with van der Waals surface area (Å²) in [4.78, 5) is 41.9. The van der Waals surface area contributed by atoms with Crippen LogP contribution in [-0.2, 0) is 4.74 Å². The third-order valence-electron chi connectivity index (χ3n) is 6.83. The van der Waals surface area contributed by atoms with Crippen LogP contribution in [-0.4, -0.2) is 31.7 Å². The summed E-state index contributed by atoms with van der Waals surface area (Å²) in [5.41, 5.74) is 1.76. The van der Waals surface area contributed by atoms with Gasteiger partial charge in [-0.15, -0.1) is 0 Å². The van der Waals surface area contributed by atoms with E-state index in [1.54, 1.807) is 54.6 Å². The molecule has 9 heteroatoms. The van der Waals surface area contributed by atoms with Crippen LogP contribution >= 0.6 is 15.9 Å². The average Bonchev–Trinajstić information content (AvgIpc) is 3.27. The number of hydrogen-bond acceptors (Lipinski definition) is 7. The van der Waals surface area contributed by atoms with Gasteiger partial charge in [-0.3, -0.25) is 14.5 Å². The Morgan fingerprint density at radius 1 is 0.927 bits per heavy atom. The van der Waals surface area contributed by atoms with Gasteiger partial charge >= 0.3 is 5.97 Å². The van der Waals surface area contributed by atoms with E-state index in [0.29, 0.717) is 59.1 Å². The minimum absolute atomic E-state index is 0.0234. The van der Waals surface area contributed by atoms with Gasteiger partial charge in [0.15, 0.2) is 16.9 Å². The Hall–Kier alpha value is -4.11. The van der Waals surface area contributed by atoms with Gasteiger partial charge in [0.2, 0.25) is 5.76 Å². The smallest absolute Gasteiger partial charge is 0.338 e. The first-order valence-electron chi connectivity index (χ1n) is 13.6. The van der Waals surface area contributed by atoms with E-state index < -0.39 is 17.9 Å². The van der Waals surface area contributed by atoms with E-state index in [0.717, 1.165) is 17.3 Å². The molecule has 41 heavy (non-hydrogen) atoms. The summed E-state index contributed by atoms with van der Waals surface area (Å²) in [5.74, 6) is 0.154. The van der Waals surface area contributed by atoms with Crippen molar-refractivity contribution in [2.24, 2.45) is 0 Å². The molecular weight excluding hydrogens is 590 g/mol. The SMILES string of the molecule is CCCCOC(=O)c1ccc(N2C(=O)c3oc4ccc(Br)cc4c(=O)c3C2c2ccc(OCC)c(OCC)c2)cc1. The van der Waals surface area contributed by atoms with Crippen molar-refractivity contribution < 1.29 is 28.2 Å². The standard InChI is InChI=1S/C32H30BrNO7/c1-4-7-16-40-32(37)19-8-12-22(13-9-19)34-28(20-10-14-25(38-5-2)26(17-20)39-6-3)27-29(35)23-18-21(33)11-15-24(23)41-30(27)31(34)36/h8-15,17-18,28H,4-7,16H2,1-3H3. The highest BCUT2D eigenvalue weighted by atomic mass is 79.9. The predicted octanol–water partition coefficient (Wildman–Crippen LogP) is 7.06. The summed E-state index contributed by atoms with van der Waals surface area (Å²) in [6.45, 7) is 6.98. The number of anilines is 1. The van der Waals surface area contributed by atoms with E-state index in [2.05, 4.69) is 15.9 Å². The van der Waals surface area contributed by atoms with Gasteiger partial charge < -0.3 is 18.6 Å². The van der Waals surface area contributed by atoms with E-state index >= 15 is 0 Å². The van der Waals surface area contributed by atoms with Crippen molar-refractivity contribution >= 4 is 44.5 Å². The van der Waals surface area contributed by atoms with Gasteiger partial charge in [-0.05, 0) is 80.4 Å². The minimum Gasteiger partial charge on any atom is -0.490 e. The molecule has 3 aromatic carbocycles. The minimum atomic E-state index is -0.811. The molecule has 1 atom stereocenters. The molecule has 0 bridgehead atoms. The molecule has 0 N–H and O–H groups in total. The largest absolute Gasteiger partial charge is 0.490 e. The summed E-state index contributed by atoms with van der Waals surface area (Å²) in [6.07, 6.45) is 1.70. The first-order valence-corrected chi connectivity index (χ1v) is 14.4. The third kappa shape index (κ3) is 5.46. The Morgan fingerprint density at radius 3 is 2.37 bits per heavy atom. The van der Waals surface area contributed by atoms with Crippen molar-refractivity contribution in [1.29, 1.82) is 0 Å². The van der Waals surface area contributed by atoms with Crippen molar-refractivity contribution in [3.05, 3.63) is 97.8 Å². The zero-order valence-corrected chi connectivity index (χ0v) is 24.7. The molecule has 0 radical (unpaired) electrons. The predicted molar refractivity (Wildman–Crippen MR) is 159 cm³/mol. The number of ether oxygens (including phenoxy) is 3. The Balaban J connectivity index is 1.65. The van der Waals surface area contributed by atoms with Crippen LogP contribution in [0.15, 0.2) is 74.3 Å². The number of fused-ring (bicyclic) bond motifs is 2. The van der Waals surface area contributed by atoms with Crippen LogP contribution in [0, 0.1) is 0 Å². The Labute approximate surface area is 245 Å². The molecule has 5 rings (SSSR count). The van der Waals surface area contributed by atoms with Gasteiger partial charge in [-0.25, -0.2) is 4.79 Å². The summed E-state index contributed by atoms with van der Waals surface area (Å²) in [5, 5.41) is 0.360. The van der Waals surface area contributed by atoms with Crippen molar-refractivity contribution in [1.82, 2.24) is 0 Å². The second-order valence-corrected chi connectivity index (χ2v) is 10.4. The van der Waals surface area contributed by atoms with Crippen molar-refractivity contribution in [3.8, 4) is 11.5 Å². The Bertz CT molecular complexity index is 1660. The highest BCUT2D eigenvalue weighted by Gasteiger charge is 2.44. The fourth-order valence-electron chi connectivity index (χ4n) is 4.92. The van der Waals surface area contributed by atoms with Gasteiger partial charge in [0.25, 0.3) is 5.91 Å². The molecule has 1 aromatic heterocycles. The number of unbranched alkanes of at least 4 members (excludes halogenated alkanes) is 1. The normalized spacial score (nSPS) is 14.3. The third-order valence-corrected chi connectivity index (χ3v) is 7.32. The second-order valence-electron chi connectivity index (χ2n) is 9.50. The number of esters is 1. The van der Waals surface area contributed by atoms with Crippen molar-refractivity contribution in [2.75, 3.05) is 24.7 Å². The number of hydrogen-bond donors (Lipinski definition) is 0. The fraction of sp³-hybridized carbons (Fsp3) is 0.281. The van der Waals surface area contributed by atoms with E-state index in [1.165, 1.54) is 4.90 Å². The molecule has 1 amide bonds. The number of halogens is 1. The number of nitrogens with zero attached hydrogens (tertiary/aromatic N) is 1. The first kappa shape index (κ1) is 28.4. The summed E-state index contributed by atoms with van der Waals surface area (Å²) >= 11 is 3.43. The van der Waals surface area contributed by atoms with Crippen LogP contribution in [0.2, 0.25) is 0 Å². The number of benzene rings is 3. The Kier molecular flexibility index (Phi) is 8.44. The van der Waals surface area contributed by atoms with Crippen molar-refractivity contribution in [3.63, 3.8) is 0 Å². The van der Waals surface area contributed by atoms with Crippen LogP contribution in [0.3, 0.4) is 0 Å². The number of carbonyl (C=O) groups is 2. The molecule has 212 valence electrons. The molecule has 0 saturated carbocycles. The molecule has 0 fully saturated rings. The van der Waals surface area contributed by atoms with Crippen molar-refractivity contribution in [2.45, 2.75) is 39.7 Å². The maximum Gasteiger partial charge on any atom is 0.338 e. The number of amides is 1. The van der Waals surface area contributed by atoms with E-state index in [-0.39, 0.29) is 16.8 Å². The Morgan fingerprint density at radius 2 is 1.66 bits per heavy atom. The lowest BCUT2D eigenvalue weighted by molar-refractivity contribution is 0.0499. The van der Waals surface area contributed by atoms with Crippen LogP contribution in [0.4, 0.5) is 5.69 Å². The molecule has 1 unspecified atom stereocenters. The average molecular weight is 620 g/mol. The van der Waals surface area contributed by atoms with Gasteiger partial charge in [0.1, 0.15) is 5.58 Å². The second kappa shape index (κ2) is 12.2. The summed E-state index contributed by atoms with van der Waals surface area (Å²) < 4.78 is 23.7. The molecule has 0 spiro atoms. The lowest BCUT2D eigenvalue weighted by atomic mass is 9.97. The lowest BCUT2D eigenvalue weighted by Crippen LogP contribution is -2.29. The van der Waals surface area contributed by atoms with Gasteiger partial charge in [-0.1, -0.05) is 35.3 Å². The van der Waals surface area contributed by atoms with Gasteiger partial charge in [0, 0.05) is 10.2 Å². The van der Waals surface area contributed by atoms with Gasteiger partial charge in [0.05, 0.1) is 42.4 Å². The monoisotopic (exact) mass is 619 g/mol. The molecule has 0 aliphatic carbocycles.